The first-order chi connectivity index (χ1) is 8.94. The largest absolute Gasteiger partial charge is 0.480 e. The Morgan fingerprint density at radius 2 is 1.95 bits per heavy atom. The summed E-state index contributed by atoms with van der Waals surface area (Å²) in [6.07, 6.45) is 2.32. The molecule has 0 aliphatic heterocycles. The van der Waals surface area contributed by atoms with Gasteiger partial charge in [-0.3, -0.25) is 9.59 Å². The van der Waals surface area contributed by atoms with E-state index in [2.05, 4.69) is 10.3 Å². The number of pyridine rings is 1. The summed E-state index contributed by atoms with van der Waals surface area (Å²) in [5.74, 6) is -1.67. The van der Waals surface area contributed by atoms with Crippen LogP contribution in [0.2, 0.25) is 0 Å². The summed E-state index contributed by atoms with van der Waals surface area (Å²) >= 11 is 0. The van der Waals surface area contributed by atoms with Crippen LogP contribution in [0.5, 0.6) is 0 Å². The van der Waals surface area contributed by atoms with E-state index in [0.29, 0.717) is 18.5 Å². The van der Waals surface area contributed by atoms with Crippen LogP contribution in [0.3, 0.4) is 0 Å². The van der Waals surface area contributed by atoms with Crippen molar-refractivity contribution in [3.8, 4) is 0 Å². The number of nitrogens with one attached hydrogen (secondary N) is 2. The predicted octanol–water partition coefficient (Wildman–Crippen LogP) is 0.811. The van der Waals surface area contributed by atoms with Gasteiger partial charge in [0.05, 0.1) is 0 Å². The van der Waals surface area contributed by atoms with Gasteiger partial charge in [-0.1, -0.05) is 12.8 Å². The normalized spacial score (nSPS) is 17.1. The van der Waals surface area contributed by atoms with E-state index in [0.717, 1.165) is 12.8 Å². The quantitative estimate of drug-likeness (QED) is 0.752. The lowest BCUT2D eigenvalue weighted by molar-refractivity contribution is -0.144. The Bertz CT molecular complexity index is 570. The van der Waals surface area contributed by atoms with Crippen LogP contribution in [0.25, 0.3) is 0 Å². The number of aryl methyl sites for hydroxylation is 1. The van der Waals surface area contributed by atoms with E-state index in [1.807, 2.05) is 0 Å². The molecule has 1 aliphatic carbocycles. The van der Waals surface area contributed by atoms with Gasteiger partial charge in [-0.15, -0.1) is 0 Å². The summed E-state index contributed by atoms with van der Waals surface area (Å²) in [6.45, 7) is 1.71. The minimum atomic E-state index is -1.23. The van der Waals surface area contributed by atoms with Gasteiger partial charge in [-0.25, -0.2) is 4.79 Å². The minimum Gasteiger partial charge on any atom is -0.480 e. The van der Waals surface area contributed by atoms with Crippen LogP contribution in [0.15, 0.2) is 16.9 Å². The summed E-state index contributed by atoms with van der Waals surface area (Å²) < 4.78 is 0. The highest BCUT2D eigenvalue weighted by Gasteiger charge is 2.42. The number of carboxylic acids is 1. The van der Waals surface area contributed by atoms with E-state index in [-0.39, 0.29) is 5.56 Å². The Kier molecular flexibility index (Phi) is 3.42. The second kappa shape index (κ2) is 4.87. The topological polar surface area (TPSA) is 99.3 Å². The summed E-state index contributed by atoms with van der Waals surface area (Å²) in [5.41, 5.74) is -1.14. The van der Waals surface area contributed by atoms with Gasteiger partial charge < -0.3 is 15.4 Å². The lowest BCUT2D eigenvalue weighted by atomic mass is 9.97. The molecule has 2 rings (SSSR count). The molecule has 0 saturated heterocycles. The van der Waals surface area contributed by atoms with Crippen molar-refractivity contribution in [2.24, 2.45) is 0 Å². The maximum absolute atomic E-state index is 12.0. The molecule has 19 heavy (non-hydrogen) atoms. The number of rotatable bonds is 3. The highest BCUT2D eigenvalue weighted by atomic mass is 16.4. The first kappa shape index (κ1) is 13.3. The molecule has 6 heteroatoms. The summed E-state index contributed by atoms with van der Waals surface area (Å²) in [6, 6.07) is 3.02. The molecule has 0 spiro atoms. The molecule has 1 heterocycles. The highest BCUT2D eigenvalue weighted by Crippen LogP contribution is 2.30. The fourth-order valence-corrected chi connectivity index (χ4v) is 2.41. The monoisotopic (exact) mass is 264 g/mol. The molecule has 1 aromatic heterocycles. The van der Waals surface area contributed by atoms with Gasteiger partial charge >= 0.3 is 5.97 Å². The van der Waals surface area contributed by atoms with Crippen molar-refractivity contribution < 1.29 is 14.7 Å². The molecule has 1 saturated carbocycles. The zero-order valence-corrected chi connectivity index (χ0v) is 10.7. The Hall–Kier alpha value is -2.11. The summed E-state index contributed by atoms with van der Waals surface area (Å²) in [7, 11) is 0. The zero-order valence-electron chi connectivity index (χ0n) is 10.7. The number of aliphatic carboxylic acids is 1. The van der Waals surface area contributed by atoms with Crippen molar-refractivity contribution in [1.82, 2.24) is 10.3 Å². The van der Waals surface area contributed by atoms with Gasteiger partial charge in [0.1, 0.15) is 11.1 Å². The van der Waals surface area contributed by atoms with Crippen molar-refractivity contribution in [2.75, 3.05) is 0 Å². The third-order valence-corrected chi connectivity index (χ3v) is 3.52. The average molecular weight is 264 g/mol. The van der Waals surface area contributed by atoms with Gasteiger partial charge in [-0.05, 0) is 31.9 Å². The molecule has 1 aromatic rings. The third-order valence-electron chi connectivity index (χ3n) is 3.52. The second-order valence-electron chi connectivity index (χ2n) is 4.93. The third kappa shape index (κ3) is 2.52. The van der Waals surface area contributed by atoms with Gasteiger partial charge in [0, 0.05) is 5.69 Å². The van der Waals surface area contributed by atoms with E-state index in [1.54, 1.807) is 13.0 Å². The molecule has 1 amide bonds. The fraction of sp³-hybridized carbons (Fsp3) is 0.462. The maximum atomic E-state index is 12.0. The number of carboxylic acid groups (broad SMARTS) is 1. The van der Waals surface area contributed by atoms with Crippen molar-refractivity contribution in [3.05, 3.63) is 33.7 Å². The first-order valence-corrected chi connectivity index (χ1v) is 6.20. The lowest BCUT2D eigenvalue weighted by Gasteiger charge is -2.25. The molecule has 0 bridgehead atoms. The van der Waals surface area contributed by atoms with E-state index in [1.165, 1.54) is 6.07 Å². The van der Waals surface area contributed by atoms with Crippen LogP contribution < -0.4 is 10.9 Å². The van der Waals surface area contributed by atoms with E-state index < -0.39 is 23.0 Å². The molecule has 1 aliphatic rings. The smallest absolute Gasteiger partial charge is 0.329 e. The standard InChI is InChI=1S/C13H16N2O4/c1-8-4-5-9(10(16)14-8)11(17)15-13(12(18)19)6-2-3-7-13/h4-5H,2-3,6-7H2,1H3,(H,14,16)(H,15,17)(H,18,19). The molecule has 3 N–H and O–H groups in total. The van der Waals surface area contributed by atoms with Crippen molar-refractivity contribution in [3.63, 3.8) is 0 Å². The van der Waals surface area contributed by atoms with Gasteiger partial charge in [0.15, 0.2) is 0 Å². The van der Waals surface area contributed by atoms with Crippen LogP contribution in [-0.2, 0) is 4.79 Å². The maximum Gasteiger partial charge on any atom is 0.329 e. The average Bonchev–Trinajstić information content (AvgIpc) is 2.78. The van der Waals surface area contributed by atoms with E-state index in [4.69, 9.17) is 0 Å². The second-order valence-corrected chi connectivity index (χ2v) is 4.93. The number of carbonyl (C=O) groups excluding carboxylic acids is 1. The number of carbonyl (C=O) groups is 2. The van der Waals surface area contributed by atoms with Gasteiger partial charge in [-0.2, -0.15) is 0 Å². The Balaban J connectivity index is 2.25. The Morgan fingerprint density at radius 3 is 2.47 bits per heavy atom. The molecule has 102 valence electrons. The first-order valence-electron chi connectivity index (χ1n) is 6.20. The number of amides is 1. The molecule has 1 fully saturated rings. The minimum absolute atomic E-state index is 0.0573. The van der Waals surface area contributed by atoms with E-state index >= 15 is 0 Å². The fourth-order valence-electron chi connectivity index (χ4n) is 2.41. The summed E-state index contributed by atoms with van der Waals surface area (Å²) in [4.78, 5) is 37.6. The molecule has 6 nitrogen and oxygen atoms in total. The SMILES string of the molecule is Cc1ccc(C(=O)NC2(C(=O)O)CCCC2)c(=O)[nH]1. The van der Waals surface area contributed by atoms with Crippen LogP contribution in [0.1, 0.15) is 41.7 Å². The van der Waals surface area contributed by atoms with Gasteiger partial charge in [0.2, 0.25) is 0 Å². The van der Waals surface area contributed by atoms with E-state index in [9.17, 15) is 19.5 Å². The zero-order chi connectivity index (χ0) is 14.0. The molecule has 0 radical (unpaired) electrons. The predicted molar refractivity (Wildman–Crippen MR) is 68.1 cm³/mol. The molecule has 0 unspecified atom stereocenters. The molecule has 0 atom stereocenters. The number of hydrogen-bond donors (Lipinski definition) is 3. The van der Waals surface area contributed by atoms with Gasteiger partial charge in [0.25, 0.3) is 11.5 Å². The van der Waals surface area contributed by atoms with Crippen LogP contribution >= 0.6 is 0 Å². The Labute approximate surface area is 109 Å². The highest BCUT2D eigenvalue weighted by molar-refractivity contribution is 5.97. The van der Waals surface area contributed by atoms with Crippen LogP contribution in [-0.4, -0.2) is 27.5 Å². The molecular weight excluding hydrogens is 248 g/mol. The number of aromatic nitrogens is 1. The van der Waals surface area contributed by atoms with Crippen molar-refractivity contribution in [1.29, 1.82) is 0 Å². The lowest BCUT2D eigenvalue weighted by Crippen LogP contribution is -2.53. The Morgan fingerprint density at radius 1 is 1.32 bits per heavy atom. The number of H-pyrrole nitrogens is 1. The molecule has 0 aromatic carbocycles. The summed E-state index contributed by atoms with van der Waals surface area (Å²) in [5, 5.41) is 11.8. The van der Waals surface area contributed by atoms with Crippen molar-refractivity contribution in [2.45, 2.75) is 38.1 Å². The van der Waals surface area contributed by atoms with Crippen LogP contribution in [0, 0.1) is 6.92 Å². The number of aromatic amines is 1. The number of hydrogen-bond acceptors (Lipinski definition) is 3. The van der Waals surface area contributed by atoms with Crippen molar-refractivity contribution >= 4 is 11.9 Å². The molecular formula is C13H16N2O4. The van der Waals surface area contributed by atoms with Crippen LogP contribution in [0.4, 0.5) is 0 Å².